The normalized spacial score (nSPS) is 15.4. The van der Waals surface area contributed by atoms with E-state index in [-0.39, 0.29) is 36.8 Å². The van der Waals surface area contributed by atoms with E-state index in [0.717, 1.165) is 23.3 Å². The highest BCUT2D eigenvalue weighted by molar-refractivity contribution is 7.96. The Morgan fingerprint density at radius 2 is 1.74 bits per heavy atom. The van der Waals surface area contributed by atoms with Gasteiger partial charge in [0.1, 0.15) is 0 Å². The Balaban J connectivity index is 1.74. The number of hydroxylamine groups is 1. The van der Waals surface area contributed by atoms with Gasteiger partial charge in [0, 0.05) is 0 Å². The fourth-order valence-electron chi connectivity index (χ4n) is 3.72. The molecule has 8 nitrogen and oxygen atoms in total. The van der Waals surface area contributed by atoms with E-state index in [2.05, 4.69) is 15.6 Å². The highest BCUT2D eigenvalue weighted by Gasteiger charge is 2.36. The minimum Gasteiger partial charge on any atom is -0.273 e. The van der Waals surface area contributed by atoms with Crippen molar-refractivity contribution in [2.75, 3.05) is 6.54 Å². The lowest BCUT2D eigenvalue weighted by molar-refractivity contribution is -0.146. The van der Waals surface area contributed by atoms with Crippen LogP contribution >= 0.6 is 12.1 Å². The molecule has 0 bridgehead atoms. The molecule has 1 aliphatic heterocycles. The minimum atomic E-state index is -0.691. The second kappa shape index (κ2) is 13.7. The van der Waals surface area contributed by atoms with Crippen molar-refractivity contribution in [2.45, 2.75) is 33.3 Å². The van der Waals surface area contributed by atoms with Crippen molar-refractivity contribution in [1.82, 2.24) is 20.0 Å². The van der Waals surface area contributed by atoms with Crippen molar-refractivity contribution in [3.05, 3.63) is 77.9 Å². The molecule has 3 amide bonds. The van der Waals surface area contributed by atoms with Gasteiger partial charge < -0.3 is 0 Å². The van der Waals surface area contributed by atoms with Crippen LogP contribution < -0.4 is 15.6 Å². The van der Waals surface area contributed by atoms with Gasteiger partial charge in [-0.3, -0.25) is 24.6 Å². The zero-order chi connectivity index (χ0) is 25.0. The number of hydrogen-bond donors (Lipinski definition) is 3. The van der Waals surface area contributed by atoms with Gasteiger partial charge in [0.25, 0.3) is 5.91 Å². The van der Waals surface area contributed by atoms with Crippen LogP contribution in [0, 0.1) is 17.8 Å². The second-order valence-electron chi connectivity index (χ2n) is 8.71. The summed E-state index contributed by atoms with van der Waals surface area (Å²) in [5.41, 5.74) is 7.12. The van der Waals surface area contributed by atoms with Crippen LogP contribution in [0.4, 0.5) is 0 Å². The molecule has 0 radical (unpaired) electrons. The van der Waals surface area contributed by atoms with E-state index in [1.807, 2.05) is 86.7 Å². The maximum Gasteiger partial charge on any atom is 0.267 e. The molecular weight excluding hydrogens is 464 g/mol. The van der Waals surface area contributed by atoms with Crippen molar-refractivity contribution in [3.8, 4) is 0 Å². The van der Waals surface area contributed by atoms with Crippen LogP contribution in [0.2, 0.25) is 0 Å². The predicted octanol–water partition coefficient (Wildman–Crippen LogP) is 3.64. The fourth-order valence-corrected chi connectivity index (χ4v) is 4.34. The lowest BCUT2D eigenvalue weighted by atomic mass is 9.82. The van der Waals surface area contributed by atoms with Crippen LogP contribution in [0.3, 0.4) is 0 Å². The van der Waals surface area contributed by atoms with Gasteiger partial charge in [-0.15, -0.1) is 0 Å². The Labute approximate surface area is 210 Å². The topological polar surface area (TPSA) is 99.8 Å². The molecule has 1 saturated heterocycles. The average molecular weight is 497 g/mol. The first-order chi connectivity index (χ1) is 16.9. The molecule has 0 aromatic heterocycles. The van der Waals surface area contributed by atoms with Gasteiger partial charge >= 0.3 is 0 Å². The summed E-state index contributed by atoms with van der Waals surface area (Å²) < 4.78 is 4.00. The standard InChI is InChI=1S/C26H32N4O4S/c1-19(2)16-23(25(32)28-30-24(31)17-27-35-30)22(15-9-14-20-10-5-3-6-11-20)26(33)29-34-18-21-12-7-4-8-13-21/h3-14,19,22-23,27H,15-18H2,1-2H3,(H,28,32)(H,29,33)/t22?,23-/m1/s1. The van der Waals surface area contributed by atoms with E-state index >= 15 is 0 Å². The molecule has 0 saturated carbocycles. The summed E-state index contributed by atoms with van der Waals surface area (Å²) in [5, 5.41) is 0. The molecule has 3 N–H and O–H groups in total. The summed E-state index contributed by atoms with van der Waals surface area (Å²) in [5.74, 6) is -2.20. The van der Waals surface area contributed by atoms with Crippen molar-refractivity contribution in [3.63, 3.8) is 0 Å². The molecule has 0 aliphatic carbocycles. The number of rotatable bonds is 12. The Morgan fingerprint density at radius 1 is 1.06 bits per heavy atom. The van der Waals surface area contributed by atoms with Crippen LogP contribution in [-0.4, -0.2) is 28.7 Å². The van der Waals surface area contributed by atoms with Crippen LogP contribution in [0.15, 0.2) is 66.7 Å². The zero-order valence-corrected chi connectivity index (χ0v) is 20.8. The van der Waals surface area contributed by atoms with Gasteiger partial charge in [-0.25, -0.2) is 10.2 Å². The summed E-state index contributed by atoms with van der Waals surface area (Å²) in [7, 11) is 0. The molecule has 1 aliphatic rings. The molecule has 2 aromatic rings. The molecular formula is C26H32N4O4S. The number of hydrogen-bond acceptors (Lipinski definition) is 6. The van der Waals surface area contributed by atoms with E-state index in [9.17, 15) is 14.4 Å². The van der Waals surface area contributed by atoms with Crippen molar-refractivity contribution in [2.24, 2.45) is 17.8 Å². The smallest absolute Gasteiger partial charge is 0.267 e. The monoisotopic (exact) mass is 496 g/mol. The number of amides is 3. The number of benzene rings is 2. The van der Waals surface area contributed by atoms with Crippen LogP contribution in [-0.2, 0) is 25.8 Å². The van der Waals surface area contributed by atoms with E-state index in [1.54, 1.807) is 0 Å². The number of hydrazine groups is 1. The van der Waals surface area contributed by atoms with Crippen LogP contribution in [0.25, 0.3) is 6.08 Å². The number of nitrogens with zero attached hydrogens (tertiary/aromatic N) is 1. The molecule has 0 spiro atoms. The van der Waals surface area contributed by atoms with Crippen molar-refractivity contribution >= 4 is 35.9 Å². The zero-order valence-electron chi connectivity index (χ0n) is 20.0. The predicted molar refractivity (Wildman–Crippen MR) is 136 cm³/mol. The second-order valence-corrected chi connectivity index (χ2v) is 9.54. The van der Waals surface area contributed by atoms with Gasteiger partial charge in [-0.2, -0.15) is 4.41 Å². The summed E-state index contributed by atoms with van der Waals surface area (Å²) in [6.45, 7) is 4.35. The van der Waals surface area contributed by atoms with Crippen LogP contribution in [0.5, 0.6) is 0 Å². The summed E-state index contributed by atoms with van der Waals surface area (Å²) >= 11 is 1.02. The first kappa shape index (κ1) is 26.5. The van der Waals surface area contributed by atoms with Crippen molar-refractivity contribution < 1.29 is 19.2 Å². The highest BCUT2D eigenvalue weighted by Crippen LogP contribution is 2.26. The Kier molecular flexibility index (Phi) is 10.3. The summed E-state index contributed by atoms with van der Waals surface area (Å²) in [4.78, 5) is 44.0. The molecule has 9 heteroatoms. The largest absolute Gasteiger partial charge is 0.273 e. The lowest BCUT2D eigenvalue weighted by Crippen LogP contribution is -2.47. The van der Waals surface area contributed by atoms with Crippen LogP contribution in [0.1, 0.15) is 37.8 Å². The first-order valence-corrected chi connectivity index (χ1v) is 12.4. The molecule has 186 valence electrons. The van der Waals surface area contributed by atoms with E-state index in [4.69, 9.17) is 4.84 Å². The molecule has 1 fully saturated rings. The Bertz CT molecular complexity index is 1000. The van der Waals surface area contributed by atoms with Gasteiger partial charge in [0.2, 0.25) is 11.8 Å². The first-order valence-electron chi connectivity index (χ1n) is 11.6. The lowest BCUT2D eigenvalue weighted by Gasteiger charge is -2.27. The molecule has 3 rings (SSSR count). The third kappa shape index (κ3) is 8.54. The van der Waals surface area contributed by atoms with E-state index in [0.29, 0.717) is 12.8 Å². The Morgan fingerprint density at radius 3 is 2.37 bits per heavy atom. The van der Waals surface area contributed by atoms with Gasteiger partial charge in [0.05, 0.1) is 37.1 Å². The average Bonchev–Trinajstić information content (AvgIpc) is 3.25. The molecule has 1 heterocycles. The molecule has 35 heavy (non-hydrogen) atoms. The number of carbonyl (C=O) groups excluding carboxylic acids is 3. The molecule has 2 aromatic carbocycles. The van der Waals surface area contributed by atoms with Gasteiger partial charge in [0.15, 0.2) is 0 Å². The number of nitrogens with one attached hydrogen (secondary N) is 3. The molecule has 2 atom stereocenters. The fraction of sp³-hybridized carbons (Fsp3) is 0.346. The van der Waals surface area contributed by atoms with E-state index < -0.39 is 11.8 Å². The number of carbonyl (C=O) groups is 3. The van der Waals surface area contributed by atoms with E-state index in [1.165, 1.54) is 4.41 Å². The third-order valence-corrected chi connectivity index (χ3v) is 6.21. The van der Waals surface area contributed by atoms with Gasteiger partial charge in [-0.1, -0.05) is 86.7 Å². The number of allylic oxidation sites excluding steroid dienone is 1. The van der Waals surface area contributed by atoms with Gasteiger partial charge in [-0.05, 0) is 29.9 Å². The maximum absolute atomic E-state index is 13.3. The minimum absolute atomic E-state index is 0.136. The third-order valence-electron chi connectivity index (χ3n) is 5.46. The summed E-state index contributed by atoms with van der Waals surface area (Å²) in [6, 6.07) is 19.3. The highest BCUT2D eigenvalue weighted by atomic mass is 32.2. The van der Waals surface area contributed by atoms with Crippen molar-refractivity contribution in [1.29, 1.82) is 0 Å². The molecule has 1 unspecified atom stereocenters. The quantitative estimate of drug-likeness (QED) is 0.307. The summed E-state index contributed by atoms with van der Waals surface area (Å²) in [6.07, 6.45) is 4.63. The SMILES string of the molecule is CC(C)C[C@@H](C(=O)NN1SNCC1=O)C(CC=Cc1ccccc1)C(=O)NOCc1ccccc1. The Hall–Kier alpha value is -3.14. The maximum atomic E-state index is 13.3.